The van der Waals surface area contributed by atoms with E-state index in [0.29, 0.717) is 54.6 Å². The molecule has 7 nitrogen and oxygen atoms in total. The summed E-state index contributed by atoms with van der Waals surface area (Å²) in [5.74, 6) is 1.44. The summed E-state index contributed by atoms with van der Waals surface area (Å²) in [6.45, 7) is 2.45. The van der Waals surface area contributed by atoms with Gasteiger partial charge in [0.15, 0.2) is 5.82 Å². The molecule has 1 saturated carbocycles. The second-order valence-electron chi connectivity index (χ2n) is 8.98. The van der Waals surface area contributed by atoms with Crippen molar-refractivity contribution >= 4 is 23.3 Å². The first-order valence-electron chi connectivity index (χ1n) is 12.0. The summed E-state index contributed by atoms with van der Waals surface area (Å²) in [4.78, 5) is 18.4. The number of pyridine rings is 1. The lowest BCUT2D eigenvalue weighted by Crippen LogP contribution is -2.44. The molecule has 0 radical (unpaired) electrons. The van der Waals surface area contributed by atoms with Crippen LogP contribution in [0, 0.1) is 5.82 Å². The van der Waals surface area contributed by atoms with Crippen LogP contribution < -0.4 is 10.1 Å². The zero-order valence-corrected chi connectivity index (χ0v) is 20.5. The summed E-state index contributed by atoms with van der Waals surface area (Å²) in [5.41, 5.74) is 2.96. The molecule has 2 aliphatic carbocycles. The number of rotatable bonds is 7. The normalized spacial score (nSPS) is 18.3. The third kappa shape index (κ3) is 4.09. The Labute approximate surface area is 211 Å². The van der Waals surface area contributed by atoms with Crippen LogP contribution in [0.25, 0.3) is 23.3 Å². The molecule has 3 aromatic heterocycles. The van der Waals surface area contributed by atoms with Crippen molar-refractivity contribution in [2.75, 3.05) is 6.61 Å². The third-order valence-corrected chi connectivity index (χ3v) is 7.56. The van der Waals surface area contributed by atoms with Crippen molar-refractivity contribution in [1.29, 1.82) is 0 Å². The molecule has 0 atom stereocenters. The summed E-state index contributed by atoms with van der Waals surface area (Å²) in [5, 5.41) is 14.1. The van der Waals surface area contributed by atoms with Crippen LogP contribution in [0.1, 0.15) is 41.9 Å². The molecule has 1 fully saturated rings. The molecular formula is C27H24FN5O2S. The number of thiophene rings is 1. The summed E-state index contributed by atoms with van der Waals surface area (Å²) in [7, 11) is 0. The van der Waals surface area contributed by atoms with E-state index in [-0.39, 0.29) is 23.7 Å². The van der Waals surface area contributed by atoms with Gasteiger partial charge in [0.25, 0.3) is 0 Å². The number of nitrogens with one attached hydrogen (secondary N) is 1. The fourth-order valence-corrected chi connectivity index (χ4v) is 5.65. The van der Waals surface area contributed by atoms with Gasteiger partial charge >= 0.3 is 0 Å². The van der Waals surface area contributed by atoms with Crippen molar-refractivity contribution < 1.29 is 13.9 Å². The minimum atomic E-state index is -0.365. The summed E-state index contributed by atoms with van der Waals surface area (Å²) in [6, 6.07) is 12.3. The van der Waals surface area contributed by atoms with Crippen LogP contribution in [0.3, 0.4) is 0 Å². The van der Waals surface area contributed by atoms with Gasteiger partial charge in [-0.15, -0.1) is 21.5 Å². The van der Waals surface area contributed by atoms with Crippen molar-refractivity contribution in [2.24, 2.45) is 0 Å². The molecule has 182 valence electrons. The largest absolute Gasteiger partial charge is 0.492 e. The maximum Gasteiger partial charge on any atom is 0.247 e. The van der Waals surface area contributed by atoms with E-state index in [2.05, 4.69) is 31.9 Å². The van der Waals surface area contributed by atoms with Crippen molar-refractivity contribution in [3.05, 3.63) is 81.7 Å². The minimum absolute atomic E-state index is 0.0169. The predicted octanol–water partition coefficient (Wildman–Crippen LogP) is 4.93. The molecule has 0 unspecified atom stereocenters. The first-order chi connectivity index (χ1) is 17.6. The number of hydrogen-bond acceptors (Lipinski definition) is 6. The lowest BCUT2D eigenvalue weighted by molar-refractivity contribution is -0.118. The highest BCUT2D eigenvalue weighted by molar-refractivity contribution is 7.11. The molecule has 1 N–H and O–H groups in total. The molecule has 9 heteroatoms. The summed E-state index contributed by atoms with van der Waals surface area (Å²) in [6.07, 6.45) is 5.72. The fraction of sp³-hybridized carbons (Fsp3) is 0.259. The highest BCUT2D eigenvalue weighted by Crippen LogP contribution is 2.39. The van der Waals surface area contributed by atoms with Crippen LogP contribution >= 0.6 is 11.3 Å². The van der Waals surface area contributed by atoms with Gasteiger partial charge in [0.1, 0.15) is 23.1 Å². The zero-order chi connectivity index (χ0) is 24.6. The minimum Gasteiger partial charge on any atom is -0.492 e. The molecule has 1 aromatic carbocycles. The molecule has 4 aromatic rings. The van der Waals surface area contributed by atoms with Crippen molar-refractivity contribution in [1.82, 2.24) is 25.1 Å². The van der Waals surface area contributed by atoms with E-state index in [9.17, 15) is 9.18 Å². The van der Waals surface area contributed by atoms with Gasteiger partial charge in [0.2, 0.25) is 5.91 Å². The van der Waals surface area contributed by atoms with Gasteiger partial charge in [-0.3, -0.25) is 9.36 Å². The van der Waals surface area contributed by atoms with E-state index in [0.717, 1.165) is 5.57 Å². The SMILES string of the molecule is CCOc1ccc(-c2nnc(C3CC(NC(=O)C4=Cc5sccc5C4)C3)n2-c2ccccc2F)nc1. The average molecular weight is 502 g/mol. The van der Waals surface area contributed by atoms with Crippen LogP contribution in [-0.4, -0.2) is 38.3 Å². The van der Waals surface area contributed by atoms with Crippen molar-refractivity contribution in [3.63, 3.8) is 0 Å². The molecule has 2 aliphatic rings. The lowest BCUT2D eigenvalue weighted by atomic mass is 9.79. The van der Waals surface area contributed by atoms with Gasteiger partial charge in [-0.1, -0.05) is 12.1 Å². The molecule has 36 heavy (non-hydrogen) atoms. The molecule has 0 aliphatic heterocycles. The Kier molecular flexibility index (Phi) is 5.85. The molecular weight excluding hydrogens is 477 g/mol. The topological polar surface area (TPSA) is 81.9 Å². The van der Waals surface area contributed by atoms with Crippen LogP contribution in [0.2, 0.25) is 0 Å². The van der Waals surface area contributed by atoms with Crippen molar-refractivity contribution in [2.45, 2.75) is 38.1 Å². The van der Waals surface area contributed by atoms with Gasteiger partial charge < -0.3 is 10.1 Å². The second-order valence-corrected chi connectivity index (χ2v) is 9.92. The van der Waals surface area contributed by atoms with E-state index in [1.54, 1.807) is 46.4 Å². The van der Waals surface area contributed by atoms with Crippen LogP contribution in [0.5, 0.6) is 5.75 Å². The predicted molar refractivity (Wildman–Crippen MR) is 136 cm³/mol. The lowest BCUT2D eigenvalue weighted by Gasteiger charge is -2.35. The quantitative estimate of drug-likeness (QED) is 0.388. The van der Waals surface area contributed by atoms with E-state index in [4.69, 9.17) is 4.74 Å². The van der Waals surface area contributed by atoms with Gasteiger partial charge in [-0.2, -0.15) is 0 Å². The molecule has 0 bridgehead atoms. The van der Waals surface area contributed by atoms with E-state index < -0.39 is 0 Å². The smallest absolute Gasteiger partial charge is 0.247 e. The number of nitrogens with zero attached hydrogens (tertiary/aromatic N) is 4. The van der Waals surface area contributed by atoms with E-state index in [1.165, 1.54) is 16.5 Å². The molecule has 0 saturated heterocycles. The number of amides is 1. The number of para-hydroxylation sites is 1. The number of carbonyl (C=O) groups is 1. The van der Waals surface area contributed by atoms with Crippen LogP contribution in [0.15, 0.2) is 59.6 Å². The van der Waals surface area contributed by atoms with Crippen LogP contribution in [-0.2, 0) is 11.2 Å². The molecule has 6 rings (SSSR count). The number of fused-ring (bicyclic) bond motifs is 1. The van der Waals surface area contributed by atoms with Crippen molar-refractivity contribution in [3.8, 4) is 23.0 Å². The highest BCUT2D eigenvalue weighted by Gasteiger charge is 2.37. The monoisotopic (exact) mass is 501 g/mol. The molecule has 1 amide bonds. The maximum absolute atomic E-state index is 14.9. The third-order valence-electron chi connectivity index (χ3n) is 6.65. The summed E-state index contributed by atoms with van der Waals surface area (Å²) < 4.78 is 22.1. The number of benzene rings is 1. The zero-order valence-electron chi connectivity index (χ0n) is 19.6. The standard InChI is InChI=1S/C27H24FN5O2S/c1-2-35-20-7-8-22(29-15-20)26-32-31-25(33(26)23-6-4-3-5-21(23)28)17-12-19(13-17)30-27(34)18-11-16-9-10-36-24(16)14-18/h3-10,14-15,17,19H,2,11-13H2,1H3,(H,30,34). The number of aromatic nitrogens is 4. The number of halogens is 1. The van der Waals surface area contributed by atoms with Gasteiger partial charge in [-0.05, 0) is 67.1 Å². The Bertz CT molecular complexity index is 1450. The Balaban J connectivity index is 1.23. The summed E-state index contributed by atoms with van der Waals surface area (Å²) >= 11 is 1.66. The first-order valence-corrected chi connectivity index (χ1v) is 12.9. The van der Waals surface area contributed by atoms with Gasteiger partial charge in [0, 0.05) is 28.8 Å². The Hall–Kier alpha value is -3.85. The van der Waals surface area contributed by atoms with E-state index >= 15 is 0 Å². The van der Waals surface area contributed by atoms with Gasteiger partial charge in [-0.25, -0.2) is 9.37 Å². The maximum atomic E-state index is 14.9. The number of ether oxygens (including phenoxy) is 1. The Morgan fingerprint density at radius 3 is 2.81 bits per heavy atom. The number of carbonyl (C=O) groups excluding carboxylic acids is 1. The fourth-order valence-electron chi connectivity index (χ4n) is 4.77. The van der Waals surface area contributed by atoms with Gasteiger partial charge in [0.05, 0.1) is 18.5 Å². The Morgan fingerprint density at radius 1 is 1.19 bits per heavy atom. The second kappa shape index (κ2) is 9.31. The molecule has 0 spiro atoms. The molecule has 3 heterocycles. The average Bonchev–Trinajstić information content (AvgIpc) is 3.57. The van der Waals surface area contributed by atoms with Crippen LogP contribution in [0.4, 0.5) is 4.39 Å². The van der Waals surface area contributed by atoms with E-state index in [1.807, 2.05) is 19.1 Å². The Morgan fingerprint density at radius 2 is 2.06 bits per heavy atom. The number of hydrogen-bond donors (Lipinski definition) is 1. The highest BCUT2D eigenvalue weighted by atomic mass is 32.1. The first kappa shape index (κ1) is 22.6.